The summed E-state index contributed by atoms with van der Waals surface area (Å²) in [5.41, 5.74) is 9.08. The number of aliphatic hydroxyl groups is 1. The highest BCUT2D eigenvalue weighted by Crippen LogP contribution is 2.40. The number of benzene rings is 2. The van der Waals surface area contributed by atoms with Crippen LogP contribution < -0.4 is 10.5 Å². The van der Waals surface area contributed by atoms with Gasteiger partial charge < -0.3 is 29.6 Å². The lowest BCUT2D eigenvalue weighted by molar-refractivity contribution is -0.0475. The van der Waals surface area contributed by atoms with Gasteiger partial charge in [-0.05, 0) is 17.5 Å². The number of nitrogen functional groups attached to an aromatic ring is 1. The Hall–Kier alpha value is -3.53. The molecule has 0 aliphatic heterocycles. The first-order valence-electron chi connectivity index (χ1n) is 11.6. The number of aliphatic hydroxyl groups excluding tert-OH is 1. The van der Waals surface area contributed by atoms with Crippen LogP contribution in [0.25, 0.3) is 11.2 Å². The van der Waals surface area contributed by atoms with Crippen molar-refractivity contribution in [3.05, 3.63) is 78.1 Å². The number of anilines is 1. The van der Waals surface area contributed by atoms with E-state index in [1.165, 1.54) is 7.11 Å². The van der Waals surface area contributed by atoms with Crippen molar-refractivity contribution in [2.24, 2.45) is 5.92 Å². The summed E-state index contributed by atoms with van der Waals surface area (Å²) in [4.78, 5) is 12.9. The SMILES string of the molecule is CO[13c]1n[13c](N)n[13c]2[13c]1ncn2[C@H]1C[C@H](OCc2ccccc2)[C@@H](COCc2ccccc2)[C@@H]1O. The molecule has 2 aromatic carbocycles. The number of ether oxygens (including phenoxy) is 3. The molecule has 0 bridgehead atoms. The Balaban J connectivity index is 1.38. The van der Waals surface area contributed by atoms with Crippen LogP contribution in [0.1, 0.15) is 23.6 Å². The number of hydrogen-bond acceptors (Lipinski definition) is 8. The van der Waals surface area contributed by atoms with Gasteiger partial charge in [-0.25, -0.2) is 4.98 Å². The fourth-order valence-electron chi connectivity index (χ4n) is 4.69. The van der Waals surface area contributed by atoms with Gasteiger partial charge in [0.15, 0.2) is 11.2 Å². The summed E-state index contributed by atoms with van der Waals surface area (Å²) in [6.45, 7) is 1.28. The molecule has 2 heterocycles. The van der Waals surface area contributed by atoms with E-state index in [9.17, 15) is 5.11 Å². The summed E-state index contributed by atoms with van der Waals surface area (Å²) in [6.07, 6.45) is 1.28. The molecule has 3 N–H and O–H groups in total. The monoisotopic (exact) mass is 479 g/mol. The van der Waals surface area contributed by atoms with Gasteiger partial charge in [-0.1, -0.05) is 60.7 Å². The Morgan fingerprint density at radius 3 is 2.37 bits per heavy atom. The van der Waals surface area contributed by atoms with E-state index in [4.69, 9.17) is 19.9 Å². The molecule has 0 spiro atoms. The Kier molecular flexibility index (Phi) is 6.89. The fourth-order valence-corrected chi connectivity index (χ4v) is 4.69. The number of aromatic nitrogens is 4. The highest BCUT2D eigenvalue weighted by molar-refractivity contribution is 5.77. The first-order chi connectivity index (χ1) is 17.1. The number of imidazole rings is 1. The van der Waals surface area contributed by atoms with Gasteiger partial charge in [-0.3, -0.25) is 0 Å². The van der Waals surface area contributed by atoms with Crippen molar-refractivity contribution in [3.8, 4) is 5.88 Å². The van der Waals surface area contributed by atoms with Crippen molar-refractivity contribution < 1.29 is 19.3 Å². The molecule has 0 radical (unpaired) electrons. The van der Waals surface area contributed by atoms with Gasteiger partial charge in [0, 0.05) is 5.92 Å². The van der Waals surface area contributed by atoms with E-state index in [2.05, 4.69) is 15.0 Å². The Morgan fingerprint density at radius 2 is 1.69 bits per heavy atom. The van der Waals surface area contributed by atoms with Crippen molar-refractivity contribution in [3.63, 3.8) is 0 Å². The van der Waals surface area contributed by atoms with E-state index in [0.29, 0.717) is 43.3 Å². The molecule has 0 unspecified atom stereocenters. The molecule has 9 heteroatoms. The summed E-state index contributed by atoms with van der Waals surface area (Å²) < 4.78 is 19.5. The number of methoxy groups -OCH3 is 1. The average Bonchev–Trinajstić information content (AvgIpc) is 3.44. The smallest absolute Gasteiger partial charge is 0.246 e. The molecule has 35 heavy (non-hydrogen) atoms. The Bertz CT molecular complexity index is 1250. The molecule has 1 fully saturated rings. The molecule has 4 aromatic rings. The lowest BCUT2D eigenvalue weighted by Crippen LogP contribution is -2.31. The van der Waals surface area contributed by atoms with Gasteiger partial charge in [0.1, 0.15) is 0 Å². The minimum absolute atomic E-state index is 0.0863. The topological polar surface area (TPSA) is 118 Å². The summed E-state index contributed by atoms with van der Waals surface area (Å²) >= 11 is 0. The van der Waals surface area contributed by atoms with Crippen LogP contribution in [0.2, 0.25) is 0 Å². The second-order valence-corrected chi connectivity index (χ2v) is 8.71. The second kappa shape index (κ2) is 10.4. The minimum Gasteiger partial charge on any atom is -0.479 e. The van der Waals surface area contributed by atoms with Crippen molar-refractivity contribution in [2.75, 3.05) is 19.5 Å². The van der Waals surface area contributed by atoms with Crippen molar-refractivity contribution in [1.29, 1.82) is 0 Å². The zero-order chi connectivity index (χ0) is 24.2. The highest BCUT2D eigenvalue weighted by Gasteiger charge is 2.45. The predicted octanol–water partition coefficient (Wildman–Crippen LogP) is 3.14. The van der Waals surface area contributed by atoms with E-state index >= 15 is 0 Å². The van der Waals surface area contributed by atoms with Gasteiger partial charge >= 0.3 is 0 Å². The van der Waals surface area contributed by atoms with Crippen LogP contribution in [0.3, 0.4) is 0 Å². The van der Waals surface area contributed by atoms with E-state index in [1.807, 2.05) is 65.2 Å². The standard InChI is InChI=1S/C26H29N5O4/c1-33-25-22-24(29-26(27)30-25)31(16-28-22)20-12-21(35-14-18-10-6-3-7-11-18)19(23(20)32)15-34-13-17-8-4-2-5-9-17/h2-11,16,19-21,23,32H,12-15H2,1H3,(H2,27,29,30)/t19-,20+,21+,23+/m1/s1/i22+1,24+1,25+1,26+1. The molecule has 1 saturated carbocycles. The third-order valence-corrected chi connectivity index (χ3v) is 6.47. The molecule has 0 amide bonds. The van der Waals surface area contributed by atoms with Crippen LogP contribution in [-0.2, 0) is 22.7 Å². The summed E-state index contributed by atoms with van der Waals surface area (Å²) in [5, 5.41) is 11.4. The molecule has 1 aliphatic carbocycles. The second-order valence-electron chi connectivity index (χ2n) is 8.71. The minimum atomic E-state index is -0.730. The van der Waals surface area contributed by atoms with Crippen LogP contribution in [-0.4, -0.2) is 50.6 Å². The first-order valence-corrected chi connectivity index (χ1v) is 11.6. The molecular weight excluding hydrogens is 450 g/mol. The van der Waals surface area contributed by atoms with Crippen molar-refractivity contribution >= 4 is 17.1 Å². The van der Waals surface area contributed by atoms with Crippen LogP contribution in [0.15, 0.2) is 67.0 Å². The number of hydrogen-bond donors (Lipinski definition) is 2. The van der Waals surface area contributed by atoms with Gasteiger partial charge in [-0.15, -0.1) is 0 Å². The third-order valence-electron chi connectivity index (χ3n) is 6.47. The quantitative estimate of drug-likeness (QED) is 0.376. The van der Waals surface area contributed by atoms with Crippen LogP contribution in [0, 0.1) is 5.92 Å². The zero-order valence-corrected chi connectivity index (χ0v) is 19.5. The van der Waals surface area contributed by atoms with Crippen molar-refractivity contribution in [1.82, 2.24) is 19.5 Å². The molecule has 0 saturated heterocycles. The normalized spacial score (nSPS) is 22.0. The van der Waals surface area contributed by atoms with Crippen LogP contribution in [0.4, 0.5) is 5.95 Å². The van der Waals surface area contributed by atoms with Gasteiger partial charge in [0.05, 0.1) is 51.5 Å². The highest BCUT2D eigenvalue weighted by atomic mass is 16.6. The van der Waals surface area contributed by atoms with E-state index in [1.54, 1.807) is 6.33 Å². The summed E-state index contributed by atoms with van der Waals surface area (Å²) in [6, 6.07) is 19.7. The molecule has 4 atom stereocenters. The molecule has 5 rings (SSSR count). The van der Waals surface area contributed by atoms with Gasteiger partial charge in [-0.2, -0.15) is 9.97 Å². The fraction of sp³-hybridized carbons (Fsp3) is 0.346. The molecule has 9 nitrogen and oxygen atoms in total. The molecule has 2 aromatic heterocycles. The van der Waals surface area contributed by atoms with Gasteiger partial charge in [0.25, 0.3) is 0 Å². The third kappa shape index (κ3) is 4.97. The van der Waals surface area contributed by atoms with E-state index in [0.717, 1.165) is 11.1 Å². The number of rotatable bonds is 9. The maximum atomic E-state index is 11.4. The molecule has 1 aliphatic rings. The van der Waals surface area contributed by atoms with E-state index in [-0.39, 0.29) is 24.0 Å². The molecular formula is C26H29N5O4. The maximum absolute atomic E-state index is 11.4. The lowest BCUT2D eigenvalue weighted by Gasteiger charge is -2.23. The zero-order valence-electron chi connectivity index (χ0n) is 19.5. The summed E-state index contributed by atoms with van der Waals surface area (Å²) in [5.74, 6) is 0.160. The summed E-state index contributed by atoms with van der Waals surface area (Å²) in [7, 11) is 1.51. The first kappa shape index (κ1) is 23.2. The number of nitrogens with zero attached hydrogens (tertiary/aromatic N) is 4. The lowest BCUT2D eigenvalue weighted by atomic mass is 10.0. The molecule has 182 valence electrons. The Labute approximate surface area is 203 Å². The average molecular weight is 480 g/mol. The predicted molar refractivity (Wildman–Crippen MR) is 131 cm³/mol. The van der Waals surface area contributed by atoms with E-state index < -0.39 is 6.10 Å². The number of nitrogens with two attached hydrogens (primary N) is 1. The largest absolute Gasteiger partial charge is 0.479 e. The van der Waals surface area contributed by atoms with Crippen LogP contribution >= 0.6 is 0 Å². The van der Waals surface area contributed by atoms with Crippen molar-refractivity contribution in [2.45, 2.75) is 37.9 Å². The van der Waals surface area contributed by atoms with Gasteiger partial charge in [0.2, 0.25) is 11.8 Å². The maximum Gasteiger partial charge on any atom is 0.246 e. The Morgan fingerprint density at radius 1 is 1.00 bits per heavy atom. The number of fused-ring (bicyclic) bond motifs is 1. The van der Waals surface area contributed by atoms with Crippen LogP contribution in [0.5, 0.6) is 5.88 Å².